The molecule has 0 amide bonds. The number of halogens is 1. The molecule has 0 saturated carbocycles. The SMILES string of the molecule is CCOC(=O)COc1ccc(S(=O)(=O)Nc2ccccc2Br)cc1. The zero-order chi connectivity index (χ0) is 17.6. The molecule has 0 spiro atoms. The molecule has 0 atom stereocenters. The molecule has 0 unspecified atom stereocenters. The van der Waals surface area contributed by atoms with Crippen molar-refractivity contribution in [2.75, 3.05) is 17.9 Å². The number of hydrogen-bond donors (Lipinski definition) is 1. The number of anilines is 1. The van der Waals surface area contributed by atoms with Crippen molar-refractivity contribution in [2.45, 2.75) is 11.8 Å². The van der Waals surface area contributed by atoms with Crippen molar-refractivity contribution in [2.24, 2.45) is 0 Å². The van der Waals surface area contributed by atoms with E-state index in [0.29, 0.717) is 15.9 Å². The Morgan fingerprint density at radius 2 is 1.79 bits per heavy atom. The van der Waals surface area contributed by atoms with Gasteiger partial charge in [0.15, 0.2) is 6.61 Å². The monoisotopic (exact) mass is 413 g/mol. The van der Waals surface area contributed by atoms with Crippen LogP contribution in [0.3, 0.4) is 0 Å². The zero-order valence-corrected chi connectivity index (χ0v) is 15.3. The lowest BCUT2D eigenvalue weighted by molar-refractivity contribution is -0.145. The van der Waals surface area contributed by atoms with E-state index in [2.05, 4.69) is 20.7 Å². The first-order chi connectivity index (χ1) is 11.4. The van der Waals surface area contributed by atoms with E-state index in [1.807, 2.05) is 0 Å². The number of hydrogen-bond acceptors (Lipinski definition) is 5. The van der Waals surface area contributed by atoms with Gasteiger partial charge >= 0.3 is 5.97 Å². The van der Waals surface area contributed by atoms with Crippen LogP contribution in [0.4, 0.5) is 5.69 Å². The van der Waals surface area contributed by atoms with Gasteiger partial charge in [-0.1, -0.05) is 12.1 Å². The first-order valence-corrected chi connectivity index (χ1v) is 9.36. The Labute approximate surface area is 149 Å². The van der Waals surface area contributed by atoms with E-state index in [4.69, 9.17) is 9.47 Å². The Balaban J connectivity index is 2.06. The van der Waals surface area contributed by atoms with Gasteiger partial charge in [-0.25, -0.2) is 13.2 Å². The fourth-order valence-electron chi connectivity index (χ4n) is 1.81. The standard InChI is InChI=1S/C16H16BrNO5S/c1-2-22-16(19)11-23-12-7-9-13(10-8-12)24(20,21)18-15-6-4-3-5-14(15)17/h3-10,18H,2,11H2,1H3. The predicted molar refractivity (Wildman–Crippen MR) is 93.5 cm³/mol. The number of sulfonamides is 1. The van der Waals surface area contributed by atoms with Gasteiger partial charge in [-0.2, -0.15) is 0 Å². The summed E-state index contributed by atoms with van der Waals surface area (Å²) in [7, 11) is -3.72. The maximum absolute atomic E-state index is 12.4. The van der Waals surface area contributed by atoms with Gasteiger partial charge in [0, 0.05) is 4.47 Å². The number of carbonyl (C=O) groups excluding carboxylic acids is 1. The molecule has 0 aliphatic heterocycles. The molecule has 128 valence electrons. The molecule has 6 nitrogen and oxygen atoms in total. The Morgan fingerprint density at radius 3 is 2.42 bits per heavy atom. The summed E-state index contributed by atoms with van der Waals surface area (Å²) in [6.07, 6.45) is 0. The third-order valence-electron chi connectivity index (χ3n) is 2.91. The third-order valence-corrected chi connectivity index (χ3v) is 4.99. The summed E-state index contributed by atoms with van der Waals surface area (Å²) in [6, 6.07) is 12.7. The summed E-state index contributed by atoms with van der Waals surface area (Å²) >= 11 is 3.29. The quantitative estimate of drug-likeness (QED) is 0.704. The average Bonchev–Trinajstić information content (AvgIpc) is 2.56. The molecule has 0 aliphatic rings. The van der Waals surface area contributed by atoms with Crippen molar-refractivity contribution in [3.05, 3.63) is 53.0 Å². The Morgan fingerprint density at radius 1 is 1.12 bits per heavy atom. The van der Waals surface area contributed by atoms with Crippen LogP contribution >= 0.6 is 15.9 Å². The van der Waals surface area contributed by atoms with Gasteiger partial charge in [0.25, 0.3) is 10.0 Å². The molecule has 0 heterocycles. The number of rotatable bonds is 7. The van der Waals surface area contributed by atoms with Crippen LogP contribution in [0.1, 0.15) is 6.92 Å². The molecular weight excluding hydrogens is 398 g/mol. The van der Waals surface area contributed by atoms with Gasteiger partial charge in [0.1, 0.15) is 5.75 Å². The molecule has 0 saturated heterocycles. The smallest absolute Gasteiger partial charge is 0.344 e. The van der Waals surface area contributed by atoms with E-state index < -0.39 is 16.0 Å². The second-order valence-corrected chi connectivity index (χ2v) is 7.19. The topological polar surface area (TPSA) is 81.7 Å². The minimum Gasteiger partial charge on any atom is -0.482 e. The van der Waals surface area contributed by atoms with Gasteiger partial charge in [0.2, 0.25) is 0 Å². The first kappa shape index (κ1) is 18.3. The third kappa shape index (κ3) is 4.97. The van der Waals surface area contributed by atoms with E-state index >= 15 is 0 Å². The molecule has 0 aliphatic carbocycles. The molecular formula is C16H16BrNO5S. The molecule has 1 N–H and O–H groups in total. The van der Waals surface area contributed by atoms with Crippen LogP contribution in [0.5, 0.6) is 5.75 Å². The van der Waals surface area contributed by atoms with Crippen LogP contribution < -0.4 is 9.46 Å². The number of ether oxygens (including phenoxy) is 2. The number of benzene rings is 2. The summed E-state index contributed by atoms with van der Waals surface area (Å²) in [5, 5.41) is 0. The predicted octanol–water partition coefficient (Wildman–Crippen LogP) is 3.19. The molecule has 2 aromatic rings. The van der Waals surface area contributed by atoms with Gasteiger partial charge in [0.05, 0.1) is 17.2 Å². The summed E-state index contributed by atoms with van der Waals surface area (Å²) in [4.78, 5) is 11.3. The molecule has 0 fully saturated rings. The normalized spacial score (nSPS) is 10.9. The summed E-state index contributed by atoms with van der Waals surface area (Å²) in [5.41, 5.74) is 0.445. The fourth-order valence-corrected chi connectivity index (χ4v) is 3.40. The Bertz CT molecular complexity index is 805. The van der Waals surface area contributed by atoms with E-state index in [1.54, 1.807) is 31.2 Å². The molecule has 0 bridgehead atoms. The summed E-state index contributed by atoms with van der Waals surface area (Å²) in [6.45, 7) is 1.75. The average molecular weight is 414 g/mol. The maximum atomic E-state index is 12.4. The fraction of sp³-hybridized carbons (Fsp3) is 0.188. The van der Waals surface area contributed by atoms with Crippen LogP contribution in [-0.4, -0.2) is 27.6 Å². The number of carbonyl (C=O) groups is 1. The minimum atomic E-state index is -3.72. The molecule has 24 heavy (non-hydrogen) atoms. The van der Waals surface area contributed by atoms with E-state index in [1.165, 1.54) is 24.3 Å². The van der Waals surface area contributed by atoms with E-state index in [-0.39, 0.29) is 18.1 Å². The summed E-state index contributed by atoms with van der Waals surface area (Å²) in [5.74, 6) is -0.104. The molecule has 0 radical (unpaired) electrons. The molecule has 2 aromatic carbocycles. The maximum Gasteiger partial charge on any atom is 0.344 e. The van der Waals surface area contributed by atoms with Gasteiger partial charge in [-0.15, -0.1) is 0 Å². The van der Waals surface area contributed by atoms with Crippen LogP contribution in [0.2, 0.25) is 0 Å². The van der Waals surface area contributed by atoms with Crippen molar-refractivity contribution < 1.29 is 22.7 Å². The molecule has 2 rings (SSSR count). The molecule has 8 heteroatoms. The summed E-state index contributed by atoms with van der Waals surface area (Å²) < 4.78 is 37.9. The lowest BCUT2D eigenvalue weighted by Crippen LogP contribution is -2.15. The van der Waals surface area contributed by atoms with Crippen molar-refractivity contribution in [1.82, 2.24) is 0 Å². The number of para-hydroxylation sites is 1. The van der Waals surface area contributed by atoms with Crippen LogP contribution in [-0.2, 0) is 19.6 Å². The highest BCUT2D eigenvalue weighted by Crippen LogP contribution is 2.25. The van der Waals surface area contributed by atoms with Crippen molar-refractivity contribution >= 4 is 37.6 Å². The number of esters is 1. The van der Waals surface area contributed by atoms with Crippen LogP contribution in [0.25, 0.3) is 0 Å². The lowest BCUT2D eigenvalue weighted by Gasteiger charge is -2.10. The van der Waals surface area contributed by atoms with Gasteiger partial charge < -0.3 is 9.47 Å². The van der Waals surface area contributed by atoms with Gasteiger partial charge in [-0.05, 0) is 59.3 Å². The number of nitrogens with one attached hydrogen (secondary N) is 1. The van der Waals surface area contributed by atoms with Crippen LogP contribution in [0, 0.1) is 0 Å². The van der Waals surface area contributed by atoms with Crippen molar-refractivity contribution in [1.29, 1.82) is 0 Å². The molecule has 0 aromatic heterocycles. The minimum absolute atomic E-state index is 0.0849. The van der Waals surface area contributed by atoms with Crippen molar-refractivity contribution in [3.63, 3.8) is 0 Å². The largest absolute Gasteiger partial charge is 0.482 e. The Kier molecular flexibility index (Phi) is 6.22. The zero-order valence-electron chi connectivity index (χ0n) is 12.9. The van der Waals surface area contributed by atoms with Crippen LogP contribution in [0.15, 0.2) is 57.9 Å². The first-order valence-electron chi connectivity index (χ1n) is 7.08. The highest BCUT2D eigenvalue weighted by molar-refractivity contribution is 9.10. The highest BCUT2D eigenvalue weighted by atomic mass is 79.9. The lowest BCUT2D eigenvalue weighted by atomic mass is 10.3. The Hall–Kier alpha value is -2.06. The second-order valence-electron chi connectivity index (χ2n) is 4.65. The highest BCUT2D eigenvalue weighted by Gasteiger charge is 2.15. The van der Waals surface area contributed by atoms with Gasteiger partial charge in [-0.3, -0.25) is 4.72 Å². The van der Waals surface area contributed by atoms with E-state index in [9.17, 15) is 13.2 Å². The van der Waals surface area contributed by atoms with E-state index in [0.717, 1.165) is 0 Å². The second kappa shape index (κ2) is 8.16. The van der Waals surface area contributed by atoms with Crippen molar-refractivity contribution in [3.8, 4) is 5.75 Å².